The van der Waals surface area contributed by atoms with E-state index in [1.165, 1.54) is 11.8 Å². The Kier molecular flexibility index (Phi) is 5.93. The largest absolute Gasteiger partial charge is 0.414 e. The highest BCUT2D eigenvalue weighted by Gasteiger charge is 2.20. The van der Waals surface area contributed by atoms with E-state index in [1.807, 2.05) is 6.07 Å². The lowest BCUT2D eigenvalue weighted by Gasteiger charge is -2.13. The van der Waals surface area contributed by atoms with Crippen LogP contribution in [0.1, 0.15) is 37.8 Å². The number of nitrogens with two attached hydrogens (primary N) is 1. The predicted molar refractivity (Wildman–Crippen MR) is 86.7 cm³/mol. The number of hydrogen-bond acceptors (Lipinski definition) is 5. The normalized spacial score (nSPS) is 14.1. The van der Waals surface area contributed by atoms with Gasteiger partial charge in [0.2, 0.25) is 5.89 Å². The van der Waals surface area contributed by atoms with Crippen molar-refractivity contribution < 1.29 is 4.42 Å². The second-order valence-corrected chi connectivity index (χ2v) is 6.55. The molecule has 0 aliphatic rings. The number of hydrogen-bond donors (Lipinski definition) is 1. The van der Waals surface area contributed by atoms with E-state index in [9.17, 15) is 0 Å². The Morgan fingerprint density at radius 2 is 1.95 bits per heavy atom. The van der Waals surface area contributed by atoms with Crippen molar-refractivity contribution in [2.75, 3.05) is 0 Å². The minimum Gasteiger partial charge on any atom is -0.414 e. The summed E-state index contributed by atoms with van der Waals surface area (Å²) in [5, 5.41) is 9.76. The average Bonchev–Trinajstić information content (AvgIpc) is 2.94. The summed E-state index contributed by atoms with van der Waals surface area (Å²) in [5.41, 5.74) is 6.93. The minimum absolute atomic E-state index is 0.235. The molecule has 2 N–H and O–H groups in total. The first-order valence-corrected chi connectivity index (χ1v) is 8.41. The highest BCUT2D eigenvalue weighted by Crippen LogP contribution is 2.31. The fraction of sp³-hybridized carbons (Fsp3) is 0.429. The highest BCUT2D eigenvalue weighted by atomic mass is 35.5. The SMILES string of the molecule is CC[C@@H](C)[C@H](N)c1nnc(SCc2c(Cl)cccc2Cl)o1. The predicted octanol–water partition coefficient (Wildman–Crippen LogP) is 4.71. The molecule has 0 amide bonds. The fourth-order valence-electron chi connectivity index (χ4n) is 1.71. The summed E-state index contributed by atoms with van der Waals surface area (Å²) in [6.45, 7) is 4.14. The van der Waals surface area contributed by atoms with Gasteiger partial charge in [0.15, 0.2) is 0 Å². The molecule has 0 spiro atoms. The number of halogens is 2. The second-order valence-electron chi connectivity index (χ2n) is 4.81. The van der Waals surface area contributed by atoms with Gasteiger partial charge in [-0.15, -0.1) is 10.2 Å². The molecule has 0 saturated heterocycles. The average molecular weight is 346 g/mol. The van der Waals surface area contributed by atoms with Gasteiger partial charge in [-0.3, -0.25) is 0 Å². The topological polar surface area (TPSA) is 64.9 Å². The van der Waals surface area contributed by atoms with E-state index in [4.69, 9.17) is 33.4 Å². The summed E-state index contributed by atoms with van der Waals surface area (Å²) in [6, 6.07) is 5.19. The van der Waals surface area contributed by atoms with Crippen molar-refractivity contribution in [3.63, 3.8) is 0 Å². The van der Waals surface area contributed by atoms with E-state index in [0.717, 1.165) is 12.0 Å². The maximum absolute atomic E-state index is 6.13. The lowest BCUT2D eigenvalue weighted by atomic mass is 10.0. The smallest absolute Gasteiger partial charge is 0.276 e. The Hall–Kier alpha value is -0.750. The Morgan fingerprint density at radius 1 is 1.29 bits per heavy atom. The van der Waals surface area contributed by atoms with Crippen molar-refractivity contribution in [3.8, 4) is 0 Å². The van der Waals surface area contributed by atoms with Gasteiger partial charge in [-0.1, -0.05) is 61.3 Å². The number of aromatic nitrogens is 2. The van der Waals surface area contributed by atoms with Gasteiger partial charge in [0, 0.05) is 15.8 Å². The Bertz CT molecular complexity index is 585. The molecular formula is C14H17Cl2N3OS. The molecule has 0 unspecified atom stereocenters. The summed E-state index contributed by atoms with van der Waals surface area (Å²) in [7, 11) is 0. The van der Waals surface area contributed by atoms with E-state index >= 15 is 0 Å². The zero-order chi connectivity index (χ0) is 15.4. The van der Waals surface area contributed by atoms with Crippen molar-refractivity contribution in [2.24, 2.45) is 11.7 Å². The second kappa shape index (κ2) is 7.49. The minimum atomic E-state index is -0.235. The number of nitrogens with zero attached hydrogens (tertiary/aromatic N) is 2. The maximum atomic E-state index is 6.13. The van der Waals surface area contributed by atoms with Crippen molar-refractivity contribution in [1.82, 2.24) is 10.2 Å². The number of benzene rings is 1. The molecule has 1 aromatic carbocycles. The van der Waals surface area contributed by atoms with Crippen LogP contribution < -0.4 is 5.73 Å². The van der Waals surface area contributed by atoms with Crippen LogP contribution in [0, 0.1) is 5.92 Å². The van der Waals surface area contributed by atoms with Gasteiger partial charge >= 0.3 is 0 Å². The molecule has 4 nitrogen and oxygen atoms in total. The lowest BCUT2D eigenvalue weighted by molar-refractivity contribution is 0.333. The van der Waals surface area contributed by atoms with Crippen LogP contribution in [0.3, 0.4) is 0 Å². The molecule has 2 atom stereocenters. The standard InChI is InChI=1S/C14H17Cl2N3OS/c1-3-8(2)12(17)13-18-19-14(20-13)21-7-9-10(15)5-4-6-11(9)16/h4-6,8,12H,3,7,17H2,1-2H3/t8-,12+/m1/s1. The quantitative estimate of drug-likeness (QED) is 0.767. The Balaban J connectivity index is 2.03. The van der Waals surface area contributed by atoms with E-state index < -0.39 is 0 Å². The van der Waals surface area contributed by atoms with E-state index in [1.54, 1.807) is 12.1 Å². The summed E-state index contributed by atoms with van der Waals surface area (Å²) >= 11 is 13.6. The summed E-state index contributed by atoms with van der Waals surface area (Å²) in [6.07, 6.45) is 0.960. The van der Waals surface area contributed by atoms with E-state index in [2.05, 4.69) is 24.0 Å². The molecule has 0 fully saturated rings. The lowest BCUT2D eigenvalue weighted by Crippen LogP contribution is -2.18. The molecule has 7 heteroatoms. The van der Waals surface area contributed by atoms with Crippen LogP contribution in [-0.2, 0) is 5.75 Å². The van der Waals surface area contributed by atoms with Gasteiger partial charge in [0.1, 0.15) is 0 Å². The van der Waals surface area contributed by atoms with Crippen LogP contribution >= 0.6 is 35.0 Å². The van der Waals surface area contributed by atoms with Crippen LogP contribution in [0.4, 0.5) is 0 Å². The van der Waals surface area contributed by atoms with Crippen molar-refractivity contribution in [2.45, 2.75) is 37.3 Å². The molecule has 1 aromatic heterocycles. The molecule has 0 saturated carbocycles. The number of thioether (sulfide) groups is 1. The third kappa shape index (κ3) is 4.13. The van der Waals surface area contributed by atoms with Gasteiger partial charge in [-0.25, -0.2) is 0 Å². The van der Waals surface area contributed by atoms with Crippen LogP contribution in [0.5, 0.6) is 0 Å². The number of rotatable bonds is 6. The Morgan fingerprint density at radius 3 is 2.57 bits per heavy atom. The van der Waals surface area contributed by atoms with Gasteiger partial charge in [-0.2, -0.15) is 0 Å². The van der Waals surface area contributed by atoms with Gasteiger partial charge in [-0.05, 0) is 23.6 Å². The van der Waals surface area contributed by atoms with Crippen molar-refractivity contribution in [1.29, 1.82) is 0 Å². The summed E-state index contributed by atoms with van der Waals surface area (Å²) in [4.78, 5) is 0. The highest BCUT2D eigenvalue weighted by molar-refractivity contribution is 7.98. The van der Waals surface area contributed by atoms with Crippen LogP contribution in [0.15, 0.2) is 27.8 Å². The molecule has 0 radical (unpaired) electrons. The van der Waals surface area contributed by atoms with Crippen molar-refractivity contribution in [3.05, 3.63) is 39.7 Å². The third-order valence-electron chi connectivity index (χ3n) is 3.37. The molecule has 114 valence electrons. The molecule has 1 heterocycles. The monoisotopic (exact) mass is 345 g/mol. The van der Waals surface area contributed by atoms with Gasteiger partial charge in [0.05, 0.1) is 6.04 Å². The molecule has 21 heavy (non-hydrogen) atoms. The van der Waals surface area contributed by atoms with Crippen LogP contribution in [0.25, 0.3) is 0 Å². The van der Waals surface area contributed by atoms with Gasteiger partial charge < -0.3 is 10.2 Å². The molecule has 0 bridgehead atoms. The molecule has 0 aliphatic heterocycles. The third-order valence-corrected chi connectivity index (χ3v) is 4.92. The zero-order valence-electron chi connectivity index (χ0n) is 11.8. The molecular weight excluding hydrogens is 329 g/mol. The summed E-state index contributed by atoms with van der Waals surface area (Å²) in [5.74, 6) is 1.33. The van der Waals surface area contributed by atoms with Crippen LogP contribution in [-0.4, -0.2) is 10.2 Å². The molecule has 2 aromatic rings. The fourth-order valence-corrected chi connectivity index (χ4v) is 3.23. The van der Waals surface area contributed by atoms with Gasteiger partial charge in [0.25, 0.3) is 5.22 Å². The maximum Gasteiger partial charge on any atom is 0.276 e. The first-order valence-electron chi connectivity index (χ1n) is 6.67. The van der Waals surface area contributed by atoms with Crippen LogP contribution in [0.2, 0.25) is 10.0 Å². The Labute approximate surface area is 138 Å². The van der Waals surface area contributed by atoms with E-state index in [0.29, 0.717) is 32.8 Å². The first-order chi connectivity index (χ1) is 10.0. The summed E-state index contributed by atoms with van der Waals surface area (Å²) < 4.78 is 5.60. The first kappa shape index (κ1) is 16.6. The molecule has 0 aliphatic carbocycles. The zero-order valence-corrected chi connectivity index (χ0v) is 14.2. The van der Waals surface area contributed by atoms with E-state index in [-0.39, 0.29) is 6.04 Å². The molecule has 2 rings (SSSR count). The van der Waals surface area contributed by atoms with Crippen molar-refractivity contribution >= 4 is 35.0 Å².